The fourth-order valence-corrected chi connectivity index (χ4v) is 2.57. The zero-order valence-corrected chi connectivity index (χ0v) is 13.4. The molecule has 0 aliphatic rings. The number of methoxy groups -OCH3 is 1. The third kappa shape index (κ3) is 2.85. The van der Waals surface area contributed by atoms with Crippen LogP contribution in [0.5, 0.6) is 0 Å². The van der Waals surface area contributed by atoms with Gasteiger partial charge in [-0.1, -0.05) is 30.3 Å². The van der Waals surface area contributed by atoms with Gasteiger partial charge in [0.05, 0.1) is 12.8 Å². The smallest absolute Gasteiger partial charge is 0.341 e. The van der Waals surface area contributed by atoms with Crippen molar-refractivity contribution in [2.24, 2.45) is 0 Å². The number of pyridine rings is 1. The second-order valence-electron chi connectivity index (χ2n) is 5.39. The lowest BCUT2D eigenvalue weighted by atomic mass is 10.2. The number of tetrazole rings is 1. The van der Waals surface area contributed by atoms with Crippen LogP contribution >= 0.6 is 0 Å². The van der Waals surface area contributed by atoms with Crippen molar-refractivity contribution in [2.45, 2.75) is 6.54 Å². The summed E-state index contributed by atoms with van der Waals surface area (Å²) in [5.74, 6) is 0.132. The summed E-state index contributed by atoms with van der Waals surface area (Å²) < 4.78 is 6.57. The number of imidazole rings is 1. The molecule has 25 heavy (non-hydrogen) atoms. The molecule has 8 nitrogen and oxygen atoms in total. The van der Waals surface area contributed by atoms with Crippen LogP contribution in [0.15, 0.2) is 54.9 Å². The predicted molar refractivity (Wildman–Crippen MR) is 88.9 cm³/mol. The lowest BCUT2D eigenvalue weighted by molar-refractivity contribution is 0.0602. The van der Waals surface area contributed by atoms with E-state index in [0.29, 0.717) is 29.3 Å². The normalized spacial score (nSPS) is 10.9. The maximum absolute atomic E-state index is 11.8. The zero-order chi connectivity index (χ0) is 17.2. The molecule has 0 unspecified atom stereocenters. The van der Waals surface area contributed by atoms with Crippen LogP contribution in [0.4, 0.5) is 0 Å². The summed E-state index contributed by atoms with van der Waals surface area (Å²) in [7, 11) is 1.35. The molecule has 0 aliphatic heterocycles. The van der Waals surface area contributed by atoms with Gasteiger partial charge < -0.3 is 9.14 Å². The Morgan fingerprint density at radius 3 is 2.80 bits per heavy atom. The highest BCUT2D eigenvalue weighted by atomic mass is 16.5. The molecule has 0 fully saturated rings. The van der Waals surface area contributed by atoms with Crippen molar-refractivity contribution in [2.75, 3.05) is 7.11 Å². The average molecular weight is 334 g/mol. The standard InChI is InChI=1S/C17H14N6O2/c1-25-17(24)14-8-5-9-22-10-13(18-16(14)22)11-23-20-15(19-21-23)12-6-3-2-4-7-12/h2-10H,11H2,1H3. The summed E-state index contributed by atoms with van der Waals surface area (Å²) in [6.07, 6.45) is 3.65. The van der Waals surface area contributed by atoms with E-state index in [4.69, 9.17) is 4.74 Å². The molecule has 0 aliphatic carbocycles. The molecule has 0 saturated heterocycles. The number of hydrogen-bond donors (Lipinski definition) is 0. The summed E-state index contributed by atoms with van der Waals surface area (Å²) >= 11 is 0. The van der Waals surface area contributed by atoms with E-state index >= 15 is 0 Å². The van der Waals surface area contributed by atoms with Crippen molar-refractivity contribution >= 4 is 11.6 Å². The summed E-state index contributed by atoms with van der Waals surface area (Å²) in [5.41, 5.74) is 2.56. The molecule has 124 valence electrons. The molecular formula is C17H14N6O2. The van der Waals surface area contributed by atoms with E-state index in [0.717, 1.165) is 5.56 Å². The SMILES string of the molecule is COC(=O)c1cccn2cc(Cn3nnc(-c4ccccc4)n3)nc12. The minimum Gasteiger partial charge on any atom is -0.465 e. The van der Waals surface area contributed by atoms with Crippen LogP contribution < -0.4 is 0 Å². The summed E-state index contributed by atoms with van der Waals surface area (Å²) in [5, 5.41) is 12.5. The minimum absolute atomic E-state index is 0.349. The topological polar surface area (TPSA) is 87.2 Å². The molecule has 0 saturated carbocycles. The number of fused-ring (bicyclic) bond motifs is 1. The van der Waals surface area contributed by atoms with Gasteiger partial charge in [0.25, 0.3) is 0 Å². The molecule has 3 aromatic heterocycles. The molecule has 4 aromatic rings. The van der Waals surface area contributed by atoms with Crippen molar-refractivity contribution in [3.63, 3.8) is 0 Å². The van der Waals surface area contributed by atoms with E-state index < -0.39 is 5.97 Å². The fourth-order valence-electron chi connectivity index (χ4n) is 2.57. The highest BCUT2D eigenvalue weighted by Gasteiger charge is 2.14. The van der Waals surface area contributed by atoms with E-state index in [-0.39, 0.29) is 0 Å². The van der Waals surface area contributed by atoms with Gasteiger partial charge in [-0.15, -0.1) is 10.2 Å². The number of nitrogens with zero attached hydrogens (tertiary/aromatic N) is 6. The van der Waals surface area contributed by atoms with Gasteiger partial charge in [0.1, 0.15) is 12.1 Å². The Morgan fingerprint density at radius 1 is 1.16 bits per heavy atom. The molecule has 0 bridgehead atoms. The van der Waals surface area contributed by atoms with Crippen molar-refractivity contribution in [1.82, 2.24) is 29.6 Å². The van der Waals surface area contributed by atoms with Crippen molar-refractivity contribution in [3.8, 4) is 11.4 Å². The summed E-state index contributed by atoms with van der Waals surface area (Å²) in [6.45, 7) is 0.349. The fraction of sp³-hybridized carbons (Fsp3) is 0.118. The molecule has 0 amide bonds. The van der Waals surface area contributed by atoms with E-state index in [1.54, 1.807) is 16.5 Å². The first-order valence-corrected chi connectivity index (χ1v) is 7.63. The number of hydrogen-bond acceptors (Lipinski definition) is 6. The van der Waals surface area contributed by atoms with Gasteiger partial charge in [-0.2, -0.15) is 4.80 Å². The largest absolute Gasteiger partial charge is 0.465 e. The number of esters is 1. The molecule has 0 spiro atoms. The molecule has 0 radical (unpaired) electrons. The Kier molecular flexibility index (Phi) is 3.70. The van der Waals surface area contributed by atoms with Crippen LogP contribution in [-0.2, 0) is 11.3 Å². The Labute approximate surface area is 142 Å². The van der Waals surface area contributed by atoms with E-state index in [2.05, 4.69) is 20.4 Å². The quantitative estimate of drug-likeness (QED) is 0.529. The number of rotatable bonds is 4. The third-order valence-corrected chi connectivity index (χ3v) is 3.73. The van der Waals surface area contributed by atoms with Crippen LogP contribution in [-0.4, -0.2) is 42.7 Å². The van der Waals surface area contributed by atoms with Gasteiger partial charge in [0.2, 0.25) is 5.82 Å². The molecule has 0 atom stereocenters. The number of benzene rings is 1. The monoisotopic (exact) mass is 334 g/mol. The van der Waals surface area contributed by atoms with Gasteiger partial charge in [-0.3, -0.25) is 0 Å². The Balaban J connectivity index is 1.63. The molecule has 0 N–H and O–H groups in total. The summed E-state index contributed by atoms with van der Waals surface area (Å²) in [4.78, 5) is 17.8. The van der Waals surface area contributed by atoms with E-state index in [1.165, 1.54) is 11.9 Å². The van der Waals surface area contributed by atoms with Gasteiger partial charge >= 0.3 is 5.97 Å². The van der Waals surface area contributed by atoms with Gasteiger partial charge in [0, 0.05) is 18.0 Å². The van der Waals surface area contributed by atoms with Crippen molar-refractivity contribution in [1.29, 1.82) is 0 Å². The highest BCUT2D eigenvalue weighted by Crippen LogP contribution is 2.14. The maximum Gasteiger partial charge on any atom is 0.341 e. The van der Waals surface area contributed by atoms with Crippen molar-refractivity contribution in [3.05, 3.63) is 66.1 Å². The molecule has 8 heteroatoms. The number of ether oxygens (including phenoxy) is 1. The van der Waals surface area contributed by atoms with Gasteiger partial charge in [0.15, 0.2) is 5.65 Å². The second kappa shape index (κ2) is 6.16. The Morgan fingerprint density at radius 2 is 2.00 bits per heavy atom. The number of carbonyl (C=O) groups excluding carboxylic acids is 1. The molecule has 4 rings (SSSR count). The Hall–Kier alpha value is -3.55. The van der Waals surface area contributed by atoms with Crippen molar-refractivity contribution < 1.29 is 9.53 Å². The predicted octanol–water partition coefficient (Wildman–Crippen LogP) is 1.82. The first-order valence-electron chi connectivity index (χ1n) is 7.63. The van der Waals surface area contributed by atoms with Crippen LogP contribution in [0.25, 0.3) is 17.0 Å². The maximum atomic E-state index is 11.8. The first kappa shape index (κ1) is 15.0. The van der Waals surface area contributed by atoms with E-state index in [9.17, 15) is 4.79 Å². The van der Waals surface area contributed by atoms with Gasteiger partial charge in [-0.05, 0) is 17.3 Å². The number of carbonyl (C=O) groups is 1. The van der Waals surface area contributed by atoms with Crippen LogP contribution in [0.2, 0.25) is 0 Å². The molecular weight excluding hydrogens is 320 g/mol. The lowest BCUT2D eigenvalue weighted by Crippen LogP contribution is -2.05. The second-order valence-corrected chi connectivity index (χ2v) is 5.39. The summed E-state index contributed by atoms with van der Waals surface area (Å²) in [6, 6.07) is 13.1. The van der Waals surface area contributed by atoms with E-state index in [1.807, 2.05) is 42.7 Å². The molecule has 3 heterocycles. The Bertz CT molecular complexity index is 1040. The zero-order valence-electron chi connectivity index (χ0n) is 13.4. The number of aromatic nitrogens is 6. The highest BCUT2D eigenvalue weighted by molar-refractivity contribution is 5.95. The third-order valence-electron chi connectivity index (χ3n) is 3.73. The lowest BCUT2D eigenvalue weighted by Gasteiger charge is -2.00. The van der Waals surface area contributed by atoms with Crippen LogP contribution in [0.1, 0.15) is 16.1 Å². The van der Waals surface area contributed by atoms with Crippen LogP contribution in [0, 0.1) is 0 Å². The minimum atomic E-state index is -0.423. The van der Waals surface area contributed by atoms with Gasteiger partial charge in [-0.25, -0.2) is 9.78 Å². The van der Waals surface area contributed by atoms with Crippen LogP contribution in [0.3, 0.4) is 0 Å². The first-order chi connectivity index (χ1) is 12.2. The average Bonchev–Trinajstić information content (AvgIpc) is 3.28. The molecule has 1 aromatic carbocycles.